The normalized spacial score (nSPS) is 28.9. The summed E-state index contributed by atoms with van der Waals surface area (Å²) in [5, 5.41) is 6.50. The van der Waals surface area contributed by atoms with Crippen molar-refractivity contribution in [3.8, 4) is 0 Å². The Hall–Kier alpha value is -1.35. The first-order valence-corrected chi connectivity index (χ1v) is 7.82. The van der Waals surface area contributed by atoms with Crippen molar-refractivity contribution in [1.29, 1.82) is 0 Å². The second-order valence-corrected chi connectivity index (χ2v) is 6.32. The predicted octanol–water partition coefficient (Wildman–Crippen LogP) is 2.25. The van der Waals surface area contributed by atoms with Gasteiger partial charge in [-0.2, -0.15) is 0 Å². The smallest absolute Gasteiger partial charge is 0.237 e. The SMILES string of the molecule is CC1CCCC1CNC(=O)[C@@H]1Cc2ccccc2CN1. The van der Waals surface area contributed by atoms with Crippen molar-refractivity contribution in [1.82, 2.24) is 10.6 Å². The topological polar surface area (TPSA) is 41.1 Å². The molecular weight excluding hydrogens is 248 g/mol. The minimum Gasteiger partial charge on any atom is -0.354 e. The number of hydrogen-bond acceptors (Lipinski definition) is 2. The maximum absolute atomic E-state index is 12.3. The summed E-state index contributed by atoms with van der Waals surface area (Å²) < 4.78 is 0. The molecule has 108 valence electrons. The van der Waals surface area contributed by atoms with Gasteiger partial charge in [-0.15, -0.1) is 0 Å². The molecule has 1 aliphatic carbocycles. The number of fused-ring (bicyclic) bond motifs is 1. The predicted molar refractivity (Wildman–Crippen MR) is 80.3 cm³/mol. The largest absolute Gasteiger partial charge is 0.354 e. The lowest BCUT2D eigenvalue weighted by Crippen LogP contribution is -2.48. The van der Waals surface area contributed by atoms with Crippen LogP contribution in [0.1, 0.15) is 37.3 Å². The van der Waals surface area contributed by atoms with Crippen LogP contribution in [0.5, 0.6) is 0 Å². The maximum atomic E-state index is 12.3. The fourth-order valence-electron chi connectivity index (χ4n) is 3.52. The first-order valence-electron chi connectivity index (χ1n) is 7.82. The van der Waals surface area contributed by atoms with Crippen molar-refractivity contribution in [2.24, 2.45) is 11.8 Å². The summed E-state index contributed by atoms with van der Waals surface area (Å²) in [5.41, 5.74) is 2.63. The zero-order chi connectivity index (χ0) is 13.9. The van der Waals surface area contributed by atoms with E-state index in [-0.39, 0.29) is 11.9 Å². The molecule has 0 radical (unpaired) electrons. The van der Waals surface area contributed by atoms with E-state index in [0.29, 0.717) is 5.92 Å². The van der Waals surface area contributed by atoms with Gasteiger partial charge in [0.15, 0.2) is 0 Å². The molecular formula is C17H24N2O. The van der Waals surface area contributed by atoms with Crippen molar-refractivity contribution < 1.29 is 4.79 Å². The van der Waals surface area contributed by atoms with Gasteiger partial charge in [0.25, 0.3) is 0 Å². The minimum atomic E-state index is -0.0680. The molecule has 2 unspecified atom stereocenters. The third-order valence-electron chi connectivity index (χ3n) is 4.98. The van der Waals surface area contributed by atoms with Crippen LogP contribution in [0.15, 0.2) is 24.3 Å². The van der Waals surface area contributed by atoms with Crippen LogP contribution in [0.4, 0.5) is 0 Å². The van der Waals surface area contributed by atoms with Gasteiger partial charge in [-0.1, -0.05) is 44.0 Å². The monoisotopic (exact) mass is 272 g/mol. The lowest BCUT2D eigenvalue weighted by atomic mass is 9.95. The third-order valence-corrected chi connectivity index (χ3v) is 4.98. The highest BCUT2D eigenvalue weighted by molar-refractivity contribution is 5.82. The second kappa shape index (κ2) is 5.96. The van der Waals surface area contributed by atoms with E-state index in [1.54, 1.807) is 0 Å². The lowest BCUT2D eigenvalue weighted by Gasteiger charge is -2.26. The van der Waals surface area contributed by atoms with Crippen LogP contribution in [-0.2, 0) is 17.8 Å². The van der Waals surface area contributed by atoms with E-state index in [0.717, 1.165) is 25.4 Å². The molecule has 3 heteroatoms. The first kappa shape index (κ1) is 13.6. The summed E-state index contributed by atoms with van der Waals surface area (Å²) in [7, 11) is 0. The van der Waals surface area contributed by atoms with Gasteiger partial charge in [-0.3, -0.25) is 4.79 Å². The van der Waals surface area contributed by atoms with E-state index >= 15 is 0 Å². The fraction of sp³-hybridized carbons (Fsp3) is 0.588. The number of nitrogens with one attached hydrogen (secondary N) is 2. The number of carbonyl (C=O) groups excluding carboxylic acids is 1. The summed E-state index contributed by atoms with van der Waals surface area (Å²) in [4.78, 5) is 12.3. The van der Waals surface area contributed by atoms with Crippen molar-refractivity contribution in [2.75, 3.05) is 6.54 Å². The summed E-state index contributed by atoms with van der Waals surface area (Å²) >= 11 is 0. The first-order chi connectivity index (χ1) is 9.74. The van der Waals surface area contributed by atoms with E-state index in [1.807, 2.05) is 0 Å². The fourth-order valence-corrected chi connectivity index (χ4v) is 3.52. The molecule has 1 fully saturated rings. The van der Waals surface area contributed by atoms with Crippen LogP contribution < -0.4 is 10.6 Å². The molecule has 0 spiro atoms. The summed E-state index contributed by atoms with van der Waals surface area (Å²) in [6.07, 6.45) is 4.71. The quantitative estimate of drug-likeness (QED) is 0.886. The molecule has 0 saturated heterocycles. The second-order valence-electron chi connectivity index (χ2n) is 6.32. The Morgan fingerprint density at radius 3 is 2.85 bits per heavy atom. The van der Waals surface area contributed by atoms with E-state index in [2.05, 4.69) is 41.8 Å². The number of rotatable bonds is 3. The van der Waals surface area contributed by atoms with Gasteiger partial charge in [0.2, 0.25) is 5.91 Å². The van der Waals surface area contributed by atoms with Gasteiger partial charge in [-0.25, -0.2) is 0 Å². The van der Waals surface area contributed by atoms with E-state index in [9.17, 15) is 4.79 Å². The van der Waals surface area contributed by atoms with Crippen LogP contribution in [0.25, 0.3) is 0 Å². The molecule has 1 aromatic rings. The molecule has 3 rings (SSSR count). The van der Waals surface area contributed by atoms with Gasteiger partial charge in [0.1, 0.15) is 0 Å². The van der Waals surface area contributed by atoms with Gasteiger partial charge >= 0.3 is 0 Å². The molecule has 1 saturated carbocycles. The zero-order valence-corrected chi connectivity index (χ0v) is 12.2. The lowest BCUT2D eigenvalue weighted by molar-refractivity contribution is -0.123. The Kier molecular flexibility index (Phi) is 4.06. The average Bonchev–Trinajstić information content (AvgIpc) is 2.89. The molecule has 1 aliphatic heterocycles. The molecule has 1 aromatic carbocycles. The van der Waals surface area contributed by atoms with Crippen molar-refractivity contribution in [2.45, 2.75) is 45.2 Å². The average molecular weight is 272 g/mol. The zero-order valence-electron chi connectivity index (χ0n) is 12.2. The van der Waals surface area contributed by atoms with Gasteiger partial charge < -0.3 is 10.6 Å². The van der Waals surface area contributed by atoms with Crippen LogP contribution in [0.3, 0.4) is 0 Å². The van der Waals surface area contributed by atoms with E-state index in [4.69, 9.17) is 0 Å². The maximum Gasteiger partial charge on any atom is 0.237 e. The Bertz CT molecular complexity index is 486. The molecule has 2 aliphatic rings. The number of benzene rings is 1. The number of hydrogen-bond donors (Lipinski definition) is 2. The molecule has 1 amide bonds. The number of carbonyl (C=O) groups is 1. The molecule has 3 atom stereocenters. The number of amides is 1. The van der Waals surface area contributed by atoms with Crippen LogP contribution in [0.2, 0.25) is 0 Å². The molecule has 1 heterocycles. The van der Waals surface area contributed by atoms with Gasteiger partial charge in [-0.05, 0) is 35.8 Å². The van der Waals surface area contributed by atoms with Crippen LogP contribution in [0, 0.1) is 11.8 Å². The van der Waals surface area contributed by atoms with E-state index in [1.165, 1.54) is 30.4 Å². The van der Waals surface area contributed by atoms with Crippen molar-refractivity contribution >= 4 is 5.91 Å². The van der Waals surface area contributed by atoms with Crippen molar-refractivity contribution in [3.63, 3.8) is 0 Å². The van der Waals surface area contributed by atoms with Gasteiger partial charge in [0.05, 0.1) is 6.04 Å². The molecule has 20 heavy (non-hydrogen) atoms. The summed E-state index contributed by atoms with van der Waals surface area (Å²) in [5.74, 6) is 1.60. The molecule has 0 bridgehead atoms. The Morgan fingerprint density at radius 2 is 2.10 bits per heavy atom. The Balaban J connectivity index is 1.54. The highest BCUT2D eigenvalue weighted by Gasteiger charge is 2.27. The standard InChI is InChI=1S/C17H24N2O/c1-12-5-4-8-14(12)10-19-17(20)16-9-13-6-2-3-7-15(13)11-18-16/h2-3,6-7,12,14,16,18H,4-5,8-11H2,1H3,(H,19,20)/t12?,14?,16-/m0/s1. The highest BCUT2D eigenvalue weighted by atomic mass is 16.2. The molecule has 2 N–H and O–H groups in total. The Labute approximate surface area is 121 Å². The molecule has 3 nitrogen and oxygen atoms in total. The third kappa shape index (κ3) is 2.88. The van der Waals surface area contributed by atoms with Crippen LogP contribution >= 0.6 is 0 Å². The summed E-state index contributed by atoms with van der Waals surface area (Å²) in [6.45, 7) is 3.95. The van der Waals surface area contributed by atoms with Crippen molar-refractivity contribution in [3.05, 3.63) is 35.4 Å². The minimum absolute atomic E-state index is 0.0680. The highest BCUT2D eigenvalue weighted by Crippen LogP contribution is 2.30. The van der Waals surface area contributed by atoms with E-state index < -0.39 is 0 Å². The van der Waals surface area contributed by atoms with Crippen LogP contribution in [-0.4, -0.2) is 18.5 Å². The van der Waals surface area contributed by atoms with Gasteiger partial charge in [0, 0.05) is 13.1 Å². The Morgan fingerprint density at radius 1 is 1.30 bits per heavy atom. The molecule has 0 aromatic heterocycles. The summed E-state index contributed by atoms with van der Waals surface area (Å²) in [6, 6.07) is 8.31.